The van der Waals surface area contributed by atoms with E-state index in [4.69, 9.17) is 8.92 Å². The lowest BCUT2D eigenvalue weighted by molar-refractivity contribution is 0.308. The minimum atomic E-state index is -4.11. The summed E-state index contributed by atoms with van der Waals surface area (Å²) in [7, 11) is -4.11. The maximum Gasteiger partial charge on any atom is 0.137 e. The van der Waals surface area contributed by atoms with Crippen LogP contribution in [0.1, 0.15) is 12.8 Å². The van der Waals surface area contributed by atoms with Crippen LogP contribution < -0.4 is 8.92 Å². The predicted octanol–water partition coefficient (Wildman–Crippen LogP) is 2.05. The molecule has 0 bridgehead atoms. The van der Waals surface area contributed by atoms with Crippen LogP contribution in [0.5, 0.6) is 11.5 Å². The fraction of sp³-hybridized carbons (Fsp3) is 0.455. The van der Waals surface area contributed by atoms with Crippen LogP contribution in [-0.4, -0.2) is 31.6 Å². The Morgan fingerprint density at radius 3 is 2.33 bits per heavy atom. The van der Waals surface area contributed by atoms with Gasteiger partial charge in [-0.3, -0.25) is 0 Å². The fourth-order valence-electron chi connectivity index (χ4n) is 1.26. The number of unbranched alkanes of at least 4 members (excludes halogenated alkanes) is 1. The molecular weight excluding hydrogens is 276 g/mol. The van der Waals surface area contributed by atoms with Crippen molar-refractivity contribution >= 4 is 22.2 Å². The van der Waals surface area contributed by atoms with Crippen molar-refractivity contribution < 1.29 is 21.9 Å². The number of hydrogen-bond acceptors (Lipinski definition) is 6. The van der Waals surface area contributed by atoms with Crippen LogP contribution in [0.2, 0.25) is 0 Å². The minimum absolute atomic E-state index is 0.319. The monoisotopic (exact) mass is 291 g/mol. The zero-order chi connectivity index (χ0) is 13.4. The first-order valence-electron chi connectivity index (χ1n) is 5.38. The molecule has 1 aromatic carbocycles. The standard InChI is InChI=1S/C11H16O5S2/c1-17-16-11-6-4-10(5-7-11)15-8-2-3-9-18(12,13)14/h4-7H,2-3,8-9H2,1H3,(H,12,13,14)/p-1. The first-order chi connectivity index (χ1) is 8.51. The summed E-state index contributed by atoms with van der Waals surface area (Å²) >= 11 is 1.26. The van der Waals surface area contributed by atoms with Gasteiger partial charge >= 0.3 is 0 Å². The minimum Gasteiger partial charge on any atom is -0.748 e. The van der Waals surface area contributed by atoms with Crippen LogP contribution in [0.25, 0.3) is 0 Å². The van der Waals surface area contributed by atoms with Crippen LogP contribution in [0, 0.1) is 0 Å². The quantitative estimate of drug-likeness (QED) is 0.414. The number of rotatable bonds is 8. The van der Waals surface area contributed by atoms with Gasteiger partial charge in [-0.25, -0.2) is 8.42 Å². The molecule has 1 rings (SSSR count). The lowest BCUT2D eigenvalue weighted by atomic mass is 10.3. The van der Waals surface area contributed by atoms with E-state index >= 15 is 0 Å². The Balaban J connectivity index is 2.23. The molecule has 0 spiro atoms. The maximum atomic E-state index is 10.4. The summed E-state index contributed by atoms with van der Waals surface area (Å²) in [6.07, 6.45) is 2.68. The van der Waals surface area contributed by atoms with Crippen LogP contribution in [0.3, 0.4) is 0 Å². The summed E-state index contributed by atoms with van der Waals surface area (Å²) in [5.74, 6) is 1.09. The van der Waals surface area contributed by atoms with Crippen LogP contribution in [-0.2, 0) is 10.1 Å². The van der Waals surface area contributed by atoms with E-state index in [0.29, 0.717) is 25.2 Å². The third-order valence-corrected chi connectivity index (χ3v) is 3.21. The zero-order valence-electron chi connectivity index (χ0n) is 10.00. The third kappa shape index (κ3) is 6.73. The molecule has 0 saturated carbocycles. The molecule has 102 valence electrons. The van der Waals surface area contributed by atoms with Gasteiger partial charge < -0.3 is 13.5 Å². The summed E-state index contributed by atoms with van der Waals surface area (Å²) in [4.78, 5) is 0. The average Bonchev–Trinajstić information content (AvgIpc) is 2.30. The maximum absolute atomic E-state index is 10.4. The van der Waals surface area contributed by atoms with Gasteiger partial charge in [0.15, 0.2) is 0 Å². The molecular formula is C11H15O5S2-. The second kappa shape index (κ2) is 7.50. The van der Waals surface area contributed by atoms with Crippen molar-refractivity contribution in [2.24, 2.45) is 0 Å². The van der Waals surface area contributed by atoms with Crippen LogP contribution in [0.15, 0.2) is 24.3 Å². The van der Waals surface area contributed by atoms with E-state index in [0.717, 1.165) is 5.75 Å². The van der Waals surface area contributed by atoms with Gasteiger partial charge in [0.2, 0.25) is 0 Å². The summed E-state index contributed by atoms with van der Waals surface area (Å²) in [6.45, 7) is 0.387. The Kier molecular flexibility index (Phi) is 6.31. The van der Waals surface area contributed by atoms with Gasteiger partial charge in [0.1, 0.15) is 11.5 Å². The van der Waals surface area contributed by atoms with E-state index in [2.05, 4.69) is 0 Å². The van der Waals surface area contributed by atoms with Crippen molar-refractivity contribution in [3.05, 3.63) is 24.3 Å². The molecule has 0 fully saturated rings. The summed E-state index contributed by atoms with van der Waals surface area (Å²) in [5, 5.41) is 0. The molecule has 1 aromatic rings. The smallest absolute Gasteiger partial charge is 0.137 e. The molecule has 0 radical (unpaired) electrons. The Morgan fingerprint density at radius 2 is 1.78 bits per heavy atom. The first kappa shape index (κ1) is 15.1. The second-order valence-electron chi connectivity index (χ2n) is 3.54. The molecule has 0 amide bonds. The van der Waals surface area contributed by atoms with Gasteiger partial charge in [0.25, 0.3) is 0 Å². The van der Waals surface area contributed by atoms with E-state index in [-0.39, 0.29) is 5.75 Å². The highest BCUT2D eigenvalue weighted by Crippen LogP contribution is 2.20. The Morgan fingerprint density at radius 1 is 1.17 bits per heavy atom. The Bertz CT molecular complexity index is 441. The normalized spacial score (nSPS) is 11.2. The SMILES string of the molecule is CSOc1ccc(OCCCCS(=O)(=O)[O-])cc1. The molecule has 0 aromatic heterocycles. The zero-order valence-corrected chi connectivity index (χ0v) is 11.6. The third-order valence-electron chi connectivity index (χ3n) is 2.06. The topological polar surface area (TPSA) is 75.7 Å². The average molecular weight is 291 g/mol. The molecule has 0 saturated heterocycles. The van der Waals surface area contributed by atoms with Crippen molar-refractivity contribution in [2.45, 2.75) is 12.8 Å². The fourth-order valence-corrected chi connectivity index (χ4v) is 2.12. The second-order valence-corrected chi connectivity index (χ2v) is 5.56. The van der Waals surface area contributed by atoms with Gasteiger partial charge in [-0.15, -0.1) is 0 Å². The van der Waals surface area contributed by atoms with Crippen LogP contribution >= 0.6 is 12.0 Å². The van der Waals surface area contributed by atoms with Gasteiger partial charge in [0, 0.05) is 12.0 Å². The Hall–Kier alpha value is -0.920. The highest BCUT2D eigenvalue weighted by Gasteiger charge is 1.98. The summed E-state index contributed by atoms with van der Waals surface area (Å²) in [6, 6.07) is 7.12. The first-order valence-corrected chi connectivity index (χ1v) is 8.11. The molecule has 0 aliphatic heterocycles. The number of hydrogen-bond donors (Lipinski definition) is 0. The highest BCUT2D eigenvalue weighted by atomic mass is 32.2. The molecule has 7 heteroatoms. The molecule has 0 aliphatic carbocycles. The van der Waals surface area contributed by atoms with Gasteiger partial charge in [-0.05, 0) is 37.1 Å². The number of benzene rings is 1. The van der Waals surface area contributed by atoms with Gasteiger partial charge in [-0.2, -0.15) is 0 Å². The van der Waals surface area contributed by atoms with Crippen molar-refractivity contribution in [1.29, 1.82) is 0 Å². The molecule has 0 atom stereocenters. The van der Waals surface area contributed by atoms with E-state index in [1.165, 1.54) is 12.0 Å². The predicted molar refractivity (Wildman–Crippen MR) is 69.9 cm³/mol. The van der Waals surface area contributed by atoms with Crippen LogP contribution in [0.4, 0.5) is 0 Å². The molecule has 0 aliphatic rings. The van der Waals surface area contributed by atoms with E-state index in [1.807, 2.05) is 6.26 Å². The lowest BCUT2D eigenvalue weighted by Gasteiger charge is -2.08. The van der Waals surface area contributed by atoms with Gasteiger partial charge in [0.05, 0.1) is 28.8 Å². The molecule has 5 nitrogen and oxygen atoms in total. The van der Waals surface area contributed by atoms with E-state index in [9.17, 15) is 13.0 Å². The number of ether oxygens (including phenoxy) is 1. The summed E-state index contributed by atoms with van der Waals surface area (Å²) < 4.78 is 41.6. The van der Waals surface area contributed by atoms with Crippen molar-refractivity contribution in [1.82, 2.24) is 0 Å². The molecule has 0 heterocycles. The van der Waals surface area contributed by atoms with Crippen molar-refractivity contribution in [3.8, 4) is 11.5 Å². The van der Waals surface area contributed by atoms with Crippen molar-refractivity contribution in [3.63, 3.8) is 0 Å². The molecule has 0 N–H and O–H groups in total. The van der Waals surface area contributed by atoms with Gasteiger partial charge in [-0.1, -0.05) is 0 Å². The molecule has 18 heavy (non-hydrogen) atoms. The van der Waals surface area contributed by atoms with Crippen molar-refractivity contribution in [2.75, 3.05) is 18.6 Å². The van der Waals surface area contributed by atoms with E-state index in [1.54, 1.807) is 24.3 Å². The summed E-state index contributed by atoms with van der Waals surface area (Å²) in [5.41, 5.74) is 0. The highest BCUT2D eigenvalue weighted by molar-refractivity contribution is 7.94. The Labute approximate surface area is 111 Å². The molecule has 0 unspecified atom stereocenters. The largest absolute Gasteiger partial charge is 0.748 e. The lowest BCUT2D eigenvalue weighted by Crippen LogP contribution is -2.06. The van der Waals surface area contributed by atoms with E-state index < -0.39 is 10.1 Å².